The van der Waals surface area contributed by atoms with Crippen LogP contribution in [0.1, 0.15) is 31.7 Å². The van der Waals surface area contributed by atoms with E-state index in [4.69, 9.17) is 28.6 Å². The maximum absolute atomic E-state index is 5.65. The molecule has 0 heterocycles. The molecule has 0 aliphatic rings. The monoisotopic (exact) mass is 297 g/mol. The van der Waals surface area contributed by atoms with Gasteiger partial charge in [-0.1, -0.05) is 38.6 Å². The molecule has 104 valence electrons. The van der Waals surface area contributed by atoms with E-state index in [9.17, 15) is 0 Å². The van der Waals surface area contributed by atoms with E-state index in [2.05, 4.69) is 18.8 Å². The van der Waals surface area contributed by atoms with Gasteiger partial charge in [-0.05, 0) is 30.7 Å². The molecule has 0 fully saturated rings. The van der Waals surface area contributed by atoms with Crippen LogP contribution in [0.25, 0.3) is 0 Å². The number of hydrogen-bond acceptors (Lipinski definition) is 2. The summed E-state index contributed by atoms with van der Waals surface area (Å²) >= 11 is 10.9. The van der Waals surface area contributed by atoms with Gasteiger partial charge in [-0.25, -0.2) is 0 Å². The molecule has 1 aromatic rings. The first-order chi connectivity index (χ1) is 9.17. The quantitative estimate of drug-likeness (QED) is 0.440. The van der Waals surface area contributed by atoms with Crippen LogP contribution < -0.4 is 10.1 Å². The van der Waals surface area contributed by atoms with Gasteiger partial charge in [0.1, 0.15) is 10.7 Å². The van der Waals surface area contributed by atoms with Crippen molar-refractivity contribution in [1.82, 2.24) is 5.32 Å². The van der Waals surface area contributed by atoms with Crippen LogP contribution >= 0.6 is 23.8 Å². The number of nitrogens with one attached hydrogen (secondary N) is 1. The molecule has 0 atom stereocenters. The van der Waals surface area contributed by atoms with Gasteiger partial charge in [-0.3, -0.25) is 0 Å². The highest BCUT2D eigenvalue weighted by Gasteiger charge is 2.02. The molecule has 2 nitrogen and oxygen atoms in total. The predicted octanol–water partition coefficient (Wildman–Crippen LogP) is 4.27. The van der Waals surface area contributed by atoms with Crippen molar-refractivity contribution in [1.29, 1.82) is 0 Å². The Bertz CT molecular complexity index is 417. The largest absolute Gasteiger partial charge is 0.494 e. The summed E-state index contributed by atoms with van der Waals surface area (Å²) in [4.78, 5) is 0.628. The molecule has 0 saturated heterocycles. The van der Waals surface area contributed by atoms with Gasteiger partial charge in [0.15, 0.2) is 0 Å². The Morgan fingerprint density at radius 3 is 2.58 bits per heavy atom. The lowest BCUT2D eigenvalue weighted by atomic mass is 10.2. The third-order valence-electron chi connectivity index (χ3n) is 2.58. The fourth-order valence-corrected chi connectivity index (χ4v) is 1.86. The normalized spacial score (nSPS) is 10.0. The van der Waals surface area contributed by atoms with Crippen LogP contribution in [-0.4, -0.2) is 17.5 Å². The third kappa shape index (κ3) is 6.08. The number of thiocarbonyl (C=S) groups is 1. The van der Waals surface area contributed by atoms with Gasteiger partial charge in [-0.15, -0.1) is 11.6 Å². The van der Waals surface area contributed by atoms with Gasteiger partial charge in [0, 0.05) is 11.3 Å². The SMILES string of the molecule is C=C(CCl)NC(=S)c1ccc(OCCCCC)cc1. The Morgan fingerprint density at radius 2 is 2.00 bits per heavy atom. The van der Waals surface area contributed by atoms with E-state index >= 15 is 0 Å². The molecule has 1 aromatic carbocycles. The zero-order valence-corrected chi connectivity index (χ0v) is 12.8. The first-order valence-corrected chi connectivity index (χ1v) is 7.39. The number of benzene rings is 1. The highest BCUT2D eigenvalue weighted by atomic mass is 35.5. The second-order valence-electron chi connectivity index (χ2n) is 4.27. The summed E-state index contributed by atoms with van der Waals surface area (Å²) in [6, 6.07) is 7.73. The van der Waals surface area contributed by atoms with Crippen molar-refractivity contribution >= 4 is 28.8 Å². The van der Waals surface area contributed by atoms with Crippen molar-refractivity contribution in [2.75, 3.05) is 12.5 Å². The predicted molar refractivity (Wildman–Crippen MR) is 86.2 cm³/mol. The molecule has 1 N–H and O–H groups in total. The van der Waals surface area contributed by atoms with Gasteiger partial charge >= 0.3 is 0 Å². The maximum atomic E-state index is 5.65. The van der Waals surface area contributed by atoms with Crippen LogP contribution in [0.5, 0.6) is 5.75 Å². The van der Waals surface area contributed by atoms with E-state index < -0.39 is 0 Å². The summed E-state index contributed by atoms with van der Waals surface area (Å²) in [5, 5.41) is 2.99. The lowest BCUT2D eigenvalue weighted by Gasteiger charge is -2.10. The molecular weight excluding hydrogens is 278 g/mol. The standard InChI is InChI=1S/C15H20ClNOS/c1-3-4-5-10-18-14-8-6-13(7-9-14)15(19)17-12(2)11-16/h6-9H,2-5,10-11H2,1H3,(H,17,19). The molecule has 0 saturated carbocycles. The van der Waals surface area contributed by atoms with E-state index in [0.29, 0.717) is 16.6 Å². The fraction of sp³-hybridized carbons (Fsp3) is 0.400. The topological polar surface area (TPSA) is 21.3 Å². The maximum Gasteiger partial charge on any atom is 0.119 e. The Balaban J connectivity index is 2.46. The Kier molecular flexibility index (Phi) is 7.53. The Hall–Kier alpha value is -1.06. The van der Waals surface area contributed by atoms with Crippen molar-refractivity contribution in [3.05, 3.63) is 42.1 Å². The zero-order valence-electron chi connectivity index (χ0n) is 11.2. The van der Waals surface area contributed by atoms with Crippen LogP contribution in [0.3, 0.4) is 0 Å². The molecule has 0 aliphatic heterocycles. The number of halogens is 1. The van der Waals surface area contributed by atoms with Crippen LogP contribution in [-0.2, 0) is 0 Å². The summed E-state index contributed by atoms with van der Waals surface area (Å²) in [6.07, 6.45) is 3.49. The van der Waals surface area contributed by atoms with Crippen molar-refractivity contribution in [2.45, 2.75) is 26.2 Å². The van der Waals surface area contributed by atoms with Gasteiger partial charge < -0.3 is 10.1 Å². The second kappa shape index (κ2) is 8.94. The molecule has 0 bridgehead atoms. The van der Waals surface area contributed by atoms with E-state index in [1.807, 2.05) is 24.3 Å². The van der Waals surface area contributed by atoms with Crippen LogP contribution in [0.15, 0.2) is 36.5 Å². The molecular formula is C15H20ClNOS. The van der Waals surface area contributed by atoms with Gasteiger partial charge in [0.05, 0.1) is 12.5 Å². The van der Waals surface area contributed by atoms with E-state index in [1.54, 1.807) is 0 Å². The van der Waals surface area contributed by atoms with Crippen LogP contribution in [0.4, 0.5) is 0 Å². The molecule has 19 heavy (non-hydrogen) atoms. The smallest absolute Gasteiger partial charge is 0.119 e. The number of unbranched alkanes of at least 4 members (excludes halogenated alkanes) is 2. The minimum atomic E-state index is 0.346. The minimum Gasteiger partial charge on any atom is -0.494 e. The van der Waals surface area contributed by atoms with Crippen molar-refractivity contribution in [2.24, 2.45) is 0 Å². The number of ether oxygens (including phenoxy) is 1. The van der Waals surface area contributed by atoms with Crippen LogP contribution in [0.2, 0.25) is 0 Å². The van der Waals surface area contributed by atoms with Gasteiger partial charge in [-0.2, -0.15) is 0 Å². The molecule has 0 radical (unpaired) electrons. The Labute approximate surface area is 125 Å². The molecule has 0 unspecified atom stereocenters. The summed E-state index contributed by atoms with van der Waals surface area (Å²) in [7, 11) is 0. The number of hydrogen-bond donors (Lipinski definition) is 1. The lowest BCUT2D eigenvalue weighted by Crippen LogP contribution is -2.21. The summed E-state index contributed by atoms with van der Waals surface area (Å²) in [5.74, 6) is 1.22. The molecule has 0 aromatic heterocycles. The average Bonchev–Trinajstić information content (AvgIpc) is 2.44. The molecule has 1 rings (SSSR count). The Morgan fingerprint density at radius 1 is 1.32 bits per heavy atom. The first-order valence-electron chi connectivity index (χ1n) is 6.45. The fourth-order valence-electron chi connectivity index (χ4n) is 1.51. The molecule has 0 spiro atoms. The number of rotatable bonds is 8. The van der Waals surface area contributed by atoms with Crippen molar-refractivity contribution in [3.8, 4) is 5.75 Å². The van der Waals surface area contributed by atoms with Crippen molar-refractivity contribution < 1.29 is 4.74 Å². The highest BCUT2D eigenvalue weighted by molar-refractivity contribution is 7.80. The summed E-state index contributed by atoms with van der Waals surface area (Å²) in [6.45, 7) is 6.70. The highest BCUT2D eigenvalue weighted by Crippen LogP contribution is 2.13. The third-order valence-corrected chi connectivity index (χ3v) is 3.25. The summed E-state index contributed by atoms with van der Waals surface area (Å²) in [5.41, 5.74) is 1.63. The summed E-state index contributed by atoms with van der Waals surface area (Å²) < 4.78 is 5.64. The molecule has 0 amide bonds. The first kappa shape index (κ1) is 16.0. The molecule has 0 aliphatic carbocycles. The van der Waals surface area contributed by atoms with Gasteiger partial charge in [0.2, 0.25) is 0 Å². The second-order valence-corrected chi connectivity index (χ2v) is 4.95. The van der Waals surface area contributed by atoms with Crippen LogP contribution in [0, 0.1) is 0 Å². The van der Waals surface area contributed by atoms with Gasteiger partial charge in [0.25, 0.3) is 0 Å². The molecule has 4 heteroatoms. The zero-order chi connectivity index (χ0) is 14.1. The lowest BCUT2D eigenvalue weighted by molar-refractivity contribution is 0.306. The van der Waals surface area contributed by atoms with Crippen molar-refractivity contribution in [3.63, 3.8) is 0 Å². The number of alkyl halides is 1. The van der Waals surface area contributed by atoms with E-state index in [0.717, 1.165) is 24.3 Å². The number of allylic oxidation sites excluding steroid dienone is 1. The van der Waals surface area contributed by atoms with E-state index in [-0.39, 0.29) is 0 Å². The average molecular weight is 298 g/mol. The minimum absolute atomic E-state index is 0.346. The van der Waals surface area contributed by atoms with E-state index in [1.165, 1.54) is 12.8 Å².